The van der Waals surface area contributed by atoms with E-state index in [4.69, 9.17) is 0 Å². The monoisotopic (exact) mass is 296 g/mol. The molecule has 1 atom stereocenters. The SMILES string of the molecule is CSC(C)CNCc1csc(-c2ccc(F)cc2)n1. The lowest BCUT2D eigenvalue weighted by atomic mass is 10.2. The van der Waals surface area contributed by atoms with Gasteiger partial charge in [0.25, 0.3) is 0 Å². The highest BCUT2D eigenvalue weighted by atomic mass is 32.2. The van der Waals surface area contributed by atoms with Crippen molar-refractivity contribution >= 4 is 23.1 Å². The van der Waals surface area contributed by atoms with Crippen LogP contribution >= 0.6 is 23.1 Å². The maximum atomic E-state index is 12.9. The first-order valence-electron chi connectivity index (χ1n) is 6.13. The number of benzene rings is 1. The number of aromatic nitrogens is 1. The Morgan fingerprint density at radius 3 is 2.79 bits per heavy atom. The molecule has 0 amide bonds. The summed E-state index contributed by atoms with van der Waals surface area (Å²) in [5, 5.41) is 6.99. The van der Waals surface area contributed by atoms with Crippen LogP contribution in [0.3, 0.4) is 0 Å². The molecule has 0 fully saturated rings. The molecule has 19 heavy (non-hydrogen) atoms. The summed E-state index contributed by atoms with van der Waals surface area (Å²) in [5.74, 6) is -0.215. The number of halogens is 1. The van der Waals surface area contributed by atoms with Crippen LogP contribution in [-0.2, 0) is 6.54 Å². The molecule has 0 aliphatic carbocycles. The molecule has 102 valence electrons. The summed E-state index contributed by atoms with van der Waals surface area (Å²) in [6.07, 6.45) is 2.11. The lowest BCUT2D eigenvalue weighted by molar-refractivity contribution is 0.628. The summed E-state index contributed by atoms with van der Waals surface area (Å²) in [6.45, 7) is 3.95. The predicted octanol–water partition coefficient (Wildman–Crippen LogP) is 3.79. The molecule has 0 saturated heterocycles. The summed E-state index contributed by atoms with van der Waals surface area (Å²) in [7, 11) is 0. The minimum absolute atomic E-state index is 0.215. The van der Waals surface area contributed by atoms with E-state index < -0.39 is 0 Å². The van der Waals surface area contributed by atoms with Crippen molar-refractivity contribution in [1.29, 1.82) is 0 Å². The van der Waals surface area contributed by atoms with Gasteiger partial charge in [0.05, 0.1) is 5.69 Å². The van der Waals surface area contributed by atoms with E-state index in [1.165, 1.54) is 12.1 Å². The number of nitrogens with one attached hydrogen (secondary N) is 1. The van der Waals surface area contributed by atoms with E-state index in [-0.39, 0.29) is 5.82 Å². The van der Waals surface area contributed by atoms with Crippen LogP contribution in [0.2, 0.25) is 0 Å². The van der Waals surface area contributed by atoms with Gasteiger partial charge >= 0.3 is 0 Å². The molecule has 2 nitrogen and oxygen atoms in total. The third kappa shape index (κ3) is 4.30. The fourth-order valence-corrected chi connectivity index (χ4v) is 2.71. The number of thioether (sulfide) groups is 1. The van der Waals surface area contributed by atoms with Gasteiger partial charge in [0, 0.05) is 29.3 Å². The van der Waals surface area contributed by atoms with Crippen molar-refractivity contribution in [1.82, 2.24) is 10.3 Å². The van der Waals surface area contributed by atoms with Crippen LogP contribution in [0.15, 0.2) is 29.6 Å². The Balaban J connectivity index is 1.93. The Bertz CT molecular complexity index is 510. The second-order valence-electron chi connectivity index (χ2n) is 4.33. The van der Waals surface area contributed by atoms with E-state index in [0.29, 0.717) is 5.25 Å². The second kappa shape index (κ2) is 7.03. The molecule has 1 aromatic heterocycles. The summed E-state index contributed by atoms with van der Waals surface area (Å²) in [4.78, 5) is 4.56. The third-order valence-corrected chi connectivity index (χ3v) is 4.69. The van der Waals surface area contributed by atoms with Crippen LogP contribution in [-0.4, -0.2) is 23.0 Å². The Morgan fingerprint density at radius 1 is 1.37 bits per heavy atom. The normalized spacial score (nSPS) is 12.6. The minimum Gasteiger partial charge on any atom is -0.310 e. The third-order valence-electron chi connectivity index (χ3n) is 2.78. The predicted molar refractivity (Wildman–Crippen MR) is 82.2 cm³/mol. The first-order chi connectivity index (χ1) is 9.19. The largest absolute Gasteiger partial charge is 0.310 e. The highest BCUT2D eigenvalue weighted by Crippen LogP contribution is 2.23. The molecular weight excluding hydrogens is 279 g/mol. The lowest BCUT2D eigenvalue weighted by Crippen LogP contribution is -2.22. The van der Waals surface area contributed by atoms with E-state index in [1.807, 2.05) is 11.8 Å². The average molecular weight is 296 g/mol. The summed E-state index contributed by atoms with van der Waals surface area (Å²) in [6, 6.07) is 6.46. The first-order valence-corrected chi connectivity index (χ1v) is 8.29. The number of hydrogen-bond acceptors (Lipinski definition) is 4. The minimum atomic E-state index is -0.215. The molecule has 2 aromatic rings. The molecule has 0 saturated carbocycles. The summed E-state index contributed by atoms with van der Waals surface area (Å²) >= 11 is 3.44. The highest BCUT2D eigenvalue weighted by molar-refractivity contribution is 7.99. The van der Waals surface area contributed by atoms with E-state index in [2.05, 4.69) is 28.9 Å². The molecule has 1 heterocycles. The van der Waals surface area contributed by atoms with Gasteiger partial charge in [-0.3, -0.25) is 0 Å². The summed E-state index contributed by atoms with van der Waals surface area (Å²) in [5.41, 5.74) is 2.01. The van der Waals surface area contributed by atoms with Gasteiger partial charge in [-0.2, -0.15) is 11.8 Å². The van der Waals surface area contributed by atoms with Crippen LogP contribution in [0.25, 0.3) is 10.6 Å². The Labute approximate surface area is 121 Å². The standard InChI is InChI=1S/C14H17FN2S2/c1-10(18-2)7-16-8-13-9-19-14(17-13)11-3-5-12(15)6-4-11/h3-6,9-10,16H,7-8H2,1-2H3. The average Bonchev–Trinajstić information content (AvgIpc) is 2.88. The van der Waals surface area contributed by atoms with Crippen LogP contribution < -0.4 is 5.32 Å². The van der Waals surface area contributed by atoms with Crippen molar-refractivity contribution in [3.05, 3.63) is 41.2 Å². The molecule has 5 heteroatoms. The van der Waals surface area contributed by atoms with Gasteiger partial charge in [-0.1, -0.05) is 6.92 Å². The van der Waals surface area contributed by atoms with Gasteiger partial charge in [-0.25, -0.2) is 9.37 Å². The smallest absolute Gasteiger partial charge is 0.123 e. The highest BCUT2D eigenvalue weighted by Gasteiger charge is 2.05. The van der Waals surface area contributed by atoms with Crippen LogP contribution in [0.5, 0.6) is 0 Å². The van der Waals surface area contributed by atoms with E-state index in [0.717, 1.165) is 29.4 Å². The van der Waals surface area contributed by atoms with E-state index >= 15 is 0 Å². The van der Waals surface area contributed by atoms with Crippen LogP contribution in [0, 0.1) is 5.82 Å². The second-order valence-corrected chi connectivity index (χ2v) is 6.46. The molecule has 0 spiro atoms. The van der Waals surface area contributed by atoms with Crippen molar-refractivity contribution in [2.24, 2.45) is 0 Å². The van der Waals surface area contributed by atoms with Crippen molar-refractivity contribution in [2.75, 3.05) is 12.8 Å². The zero-order chi connectivity index (χ0) is 13.7. The fourth-order valence-electron chi connectivity index (χ4n) is 1.60. The first kappa shape index (κ1) is 14.5. The van der Waals surface area contributed by atoms with Crippen LogP contribution in [0.1, 0.15) is 12.6 Å². The number of thiazole rings is 1. The number of nitrogens with zero attached hydrogens (tertiary/aromatic N) is 1. The lowest BCUT2D eigenvalue weighted by Gasteiger charge is -2.08. The maximum absolute atomic E-state index is 12.9. The van der Waals surface area contributed by atoms with Gasteiger partial charge < -0.3 is 5.32 Å². The van der Waals surface area contributed by atoms with Gasteiger partial charge in [-0.15, -0.1) is 11.3 Å². The molecule has 1 aromatic carbocycles. The van der Waals surface area contributed by atoms with Crippen molar-refractivity contribution < 1.29 is 4.39 Å². The topological polar surface area (TPSA) is 24.9 Å². The molecule has 0 bridgehead atoms. The zero-order valence-electron chi connectivity index (χ0n) is 11.0. The molecule has 1 N–H and O–H groups in total. The Morgan fingerprint density at radius 2 is 2.11 bits per heavy atom. The fraction of sp³-hybridized carbons (Fsp3) is 0.357. The Kier molecular flexibility index (Phi) is 5.36. The molecule has 2 rings (SSSR count). The van der Waals surface area contributed by atoms with Crippen molar-refractivity contribution in [3.63, 3.8) is 0 Å². The molecule has 0 radical (unpaired) electrons. The van der Waals surface area contributed by atoms with Crippen molar-refractivity contribution in [2.45, 2.75) is 18.7 Å². The molecular formula is C14H17FN2S2. The summed E-state index contributed by atoms with van der Waals surface area (Å²) < 4.78 is 12.9. The number of rotatable bonds is 6. The molecule has 0 aliphatic heterocycles. The van der Waals surface area contributed by atoms with Gasteiger partial charge in [0.15, 0.2) is 0 Å². The molecule has 1 unspecified atom stereocenters. The zero-order valence-corrected chi connectivity index (χ0v) is 12.7. The van der Waals surface area contributed by atoms with Gasteiger partial charge in [0.1, 0.15) is 10.8 Å². The van der Waals surface area contributed by atoms with Gasteiger partial charge in [0.2, 0.25) is 0 Å². The quantitative estimate of drug-likeness (QED) is 0.878. The number of hydrogen-bond donors (Lipinski definition) is 1. The maximum Gasteiger partial charge on any atom is 0.123 e. The van der Waals surface area contributed by atoms with E-state index in [1.54, 1.807) is 23.5 Å². The van der Waals surface area contributed by atoms with Crippen LogP contribution in [0.4, 0.5) is 4.39 Å². The van der Waals surface area contributed by atoms with E-state index in [9.17, 15) is 4.39 Å². The Hall–Kier alpha value is -0.910. The van der Waals surface area contributed by atoms with Crippen molar-refractivity contribution in [3.8, 4) is 10.6 Å². The molecule has 0 aliphatic rings. The van der Waals surface area contributed by atoms with Gasteiger partial charge in [-0.05, 0) is 30.5 Å².